The number of nitrogens with two attached hydrogens (primary N) is 1. The van der Waals surface area contributed by atoms with Gasteiger partial charge in [-0.2, -0.15) is 0 Å². The summed E-state index contributed by atoms with van der Waals surface area (Å²) >= 11 is 1.70. The van der Waals surface area contributed by atoms with Crippen molar-refractivity contribution in [3.05, 3.63) is 34.9 Å². The van der Waals surface area contributed by atoms with E-state index in [1.807, 2.05) is 18.3 Å². The molecule has 2 rings (SSSR count). The first-order valence-electron chi connectivity index (χ1n) is 5.70. The molecule has 0 atom stereocenters. The lowest BCUT2D eigenvalue weighted by molar-refractivity contribution is 0.485. The number of hydrogen-bond acceptors (Lipinski definition) is 4. The van der Waals surface area contributed by atoms with Crippen LogP contribution < -0.4 is 5.73 Å². The molecule has 2 N–H and O–H groups in total. The average molecular weight is 247 g/mol. The van der Waals surface area contributed by atoms with E-state index < -0.39 is 0 Å². The maximum atomic E-state index is 5.64. The fourth-order valence-electron chi connectivity index (χ4n) is 1.70. The van der Waals surface area contributed by atoms with E-state index >= 15 is 0 Å². The Morgan fingerprint density at radius 3 is 2.88 bits per heavy atom. The smallest absolute Gasteiger partial charge is 0.0989 e. The molecule has 90 valence electrons. The minimum absolute atomic E-state index is 0.0554. The van der Waals surface area contributed by atoms with E-state index in [1.165, 1.54) is 0 Å². The fourth-order valence-corrected chi connectivity index (χ4v) is 2.68. The first-order chi connectivity index (χ1) is 8.13. The van der Waals surface area contributed by atoms with Crippen LogP contribution >= 0.6 is 11.3 Å². The standard InChI is InChI=1S/C13H17N3S/c1-13(2,5-6-14)12-16-11(9-17-12)10-4-3-7-15-8-10/h3-4,7-9H,5-6,14H2,1-2H3. The number of aromatic nitrogens is 2. The van der Waals surface area contributed by atoms with Crippen molar-refractivity contribution in [3.63, 3.8) is 0 Å². The summed E-state index contributed by atoms with van der Waals surface area (Å²) in [5, 5.41) is 3.23. The van der Waals surface area contributed by atoms with E-state index in [2.05, 4.69) is 24.2 Å². The molecule has 3 nitrogen and oxygen atoms in total. The summed E-state index contributed by atoms with van der Waals surface area (Å²) < 4.78 is 0. The molecule has 0 unspecified atom stereocenters. The van der Waals surface area contributed by atoms with Gasteiger partial charge < -0.3 is 5.73 Å². The topological polar surface area (TPSA) is 51.8 Å². The van der Waals surface area contributed by atoms with Crippen molar-refractivity contribution in [2.75, 3.05) is 6.54 Å². The van der Waals surface area contributed by atoms with Crippen molar-refractivity contribution in [2.24, 2.45) is 5.73 Å². The number of pyridine rings is 1. The van der Waals surface area contributed by atoms with E-state index in [9.17, 15) is 0 Å². The number of rotatable bonds is 4. The molecule has 0 aliphatic heterocycles. The van der Waals surface area contributed by atoms with Gasteiger partial charge in [0.2, 0.25) is 0 Å². The molecule has 2 aromatic rings. The summed E-state index contributed by atoms with van der Waals surface area (Å²) in [7, 11) is 0. The zero-order valence-electron chi connectivity index (χ0n) is 10.2. The Morgan fingerprint density at radius 1 is 1.41 bits per heavy atom. The summed E-state index contributed by atoms with van der Waals surface area (Å²) in [5.41, 5.74) is 7.76. The summed E-state index contributed by atoms with van der Waals surface area (Å²) in [6.45, 7) is 5.06. The van der Waals surface area contributed by atoms with Gasteiger partial charge in [0, 0.05) is 28.8 Å². The van der Waals surface area contributed by atoms with Gasteiger partial charge in [-0.15, -0.1) is 11.3 Å². The SMILES string of the molecule is CC(C)(CCN)c1nc(-c2cccnc2)cs1. The highest BCUT2D eigenvalue weighted by Crippen LogP contribution is 2.31. The number of hydrogen-bond donors (Lipinski definition) is 1. The number of thiazole rings is 1. The van der Waals surface area contributed by atoms with Crippen LogP contribution in [0.1, 0.15) is 25.3 Å². The van der Waals surface area contributed by atoms with Crippen LogP contribution in [0, 0.1) is 0 Å². The van der Waals surface area contributed by atoms with Gasteiger partial charge in [0.1, 0.15) is 0 Å². The minimum atomic E-state index is 0.0554. The molecule has 0 fully saturated rings. The highest BCUT2D eigenvalue weighted by atomic mass is 32.1. The predicted octanol–water partition coefficient (Wildman–Crippen LogP) is 2.83. The zero-order valence-corrected chi connectivity index (χ0v) is 11.0. The monoisotopic (exact) mass is 247 g/mol. The summed E-state index contributed by atoms with van der Waals surface area (Å²) in [6.07, 6.45) is 4.57. The maximum absolute atomic E-state index is 5.64. The first-order valence-corrected chi connectivity index (χ1v) is 6.58. The van der Waals surface area contributed by atoms with Crippen LogP contribution in [0.5, 0.6) is 0 Å². The number of nitrogens with zero attached hydrogens (tertiary/aromatic N) is 2. The van der Waals surface area contributed by atoms with Crippen LogP contribution in [0.3, 0.4) is 0 Å². The van der Waals surface area contributed by atoms with E-state index in [0.29, 0.717) is 6.54 Å². The van der Waals surface area contributed by atoms with Crippen LogP contribution in [-0.4, -0.2) is 16.5 Å². The van der Waals surface area contributed by atoms with Gasteiger partial charge >= 0.3 is 0 Å². The Morgan fingerprint density at radius 2 is 2.24 bits per heavy atom. The molecule has 0 saturated carbocycles. The molecule has 4 heteroatoms. The van der Waals surface area contributed by atoms with Crippen LogP contribution in [0.25, 0.3) is 11.3 Å². The van der Waals surface area contributed by atoms with Gasteiger partial charge in [0.05, 0.1) is 10.7 Å². The Kier molecular flexibility index (Phi) is 3.54. The third kappa shape index (κ3) is 2.70. The van der Waals surface area contributed by atoms with Crippen LogP contribution in [0.4, 0.5) is 0 Å². The van der Waals surface area contributed by atoms with Gasteiger partial charge in [-0.05, 0) is 25.1 Å². The summed E-state index contributed by atoms with van der Waals surface area (Å²) in [4.78, 5) is 8.81. The largest absolute Gasteiger partial charge is 0.330 e. The molecule has 0 aliphatic carbocycles. The van der Waals surface area contributed by atoms with E-state index in [-0.39, 0.29) is 5.41 Å². The Labute approximate surface area is 106 Å². The van der Waals surface area contributed by atoms with Crippen molar-refractivity contribution in [3.8, 4) is 11.3 Å². The van der Waals surface area contributed by atoms with Crippen LogP contribution in [0.15, 0.2) is 29.9 Å². The van der Waals surface area contributed by atoms with Gasteiger partial charge in [-0.3, -0.25) is 4.98 Å². The molecule has 0 aromatic carbocycles. The molecule has 0 radical (unpaired) electrons. The summed E-state index contributed by atoms with van der Waals surface area (Å²) in [6, 6.07) is 3.96. The van der Waals surface area contributed by atoms with Crippen molar-refractivity contribution in [1.82, 2.24) is 9.97 Å². The molecule has 0 amide bonds. The fraction of sp³-hybridized carbons (Fsp3) is 0.385. The first kappa shape index (κ1) is 12.2. The highest BCUT2D eigenvalue weighted by Gasteiger charge is 2.23. The molecule has 0 saturated heterocycles. The second-order valence-electron chi connectivity index (χ2n) is 4.70. The van der Waals surface area contributed by atoms with Crippen LogP contribution in [-0.2, 0) is 5.41 Å². The lowest BCUT2D eigenvalue weighted by Gasteiger charge is -2.20. The second kappa shape index (κ2) is 4.94. The van der Waals surface area contributed by atoms with E-state index in [0.717, 1.165) is 22.7 Å². The van der Waals surface area contributed by atoms with E-state index in [1.54, 1.807) is 17.5 Å². The molecule has 0 aliphatic rings. The van der Waals surface area contributed by atoms with Gasteiger partial charge in [-0.25, -0.2) is 4.98 Å². The third-order valence-corrected chi connectivity index (χ3v) is 4.02. The molecular formula is C13H17N3S. The zero-order chi connectivity index (χ0) is 12.3. The van der Waals surface area contributed by atoms with E-state index in [4.69, 9.17) is 10.7 Å². The van der Waals surface area contributed by atoms with Crippen molar-refractivity contribution in [1.29, 1.82) is 0 Å². The Hall–Kier alpha value is -1.26. The molecule has 0 spiro atoms. The van der Waals surface area contributed by atoms with Crippen molar-refractivity contribution >= 4 is 11.3 Å². The second-order valence-corrected chi connectivity index (χ2v) is 5.56. The Bertz CT molecular complexity index is 476. The molecule has 17 heavy (non-hydrogen) atoms. The van der Waals surface area contributed by atoms with Gasteiger partial charge in [-0.1, -0.05) is 13.8 Å². The van der Waals surface area contributed by atoms with Gasteiger partial charge in [0.15, 0.2) is 0 Å². The Balaban J connectivity index is 2.28. The summed E-state index contributed by atoms with van der Waals surface area (Å²) in [5.74, 6) is 0. The molecule has 0 bridgehead atoms. The average Bonchev–Trinajstić information content (AvgIpc) is 2.80. The highest BCUT2D eigenvalue weighted by molar-refractivity contribution is 7.10. The third-order valence-electron chi connectivity index (χ3n) is 2.81. The molecule has 2 heterocycles. The molecular weight excluding hydrogens is 230 g/mol. The normalized spacial score (nSPS) is 11.7. The van der Waals surface area contributed by atoms with Crippen molar-refractivity contribution < 1.29 is 0 Å². The maximum Gasteiger partial charge on any atom is 0.0989 e. The lowest BCUT2D eigenvalue weighted by atomic mass is 9.90. The lowest BCUT2D eigenvalue weighted by Crippen LogP contribution is -2.21. The van der Waals surface area contributed by atoms with Gasteiger partial charge in [0.25, 0.3) is 0 Å². The van der Waals surface area contributed by atoms with Crippen LogP contribution in [0.2, 0.25) is 0 Å². The van der Waals surface area contributed by atoms with Crippen molar-refractivity contribution in [2.45, 2.75) is 25.7 Å². The quantitative estimate of drug-likeness (QED) is 0.904. The minimum Gasteiger partial charge on any atom is -0.330 e. The predicted molar refractivity (Wildman–Crippen MR) is 72.0 cm³/mol. The molecule has 2 aromatic heterocycles.